The maximum Gasteiger partial charge on any atom is 0.134 e. The third kappa shape index (κ3) is 4.34. The molecule has 128 valence electrons. The van der Waals surface area contributed by atoms with Crippen molar-refractivity contribution < 1.29 is 4.74 Å². The van der Waals surface area contributed by atoms with Crippen LogP contribution in [-0.2, 0) is 0 Å². The van der Waals surface area contributed by atoms with Crippen molar-refractivity contribution in [1.29, 1.82) is 0 Å². The van der Waals surface area contributed by atoms with Crippen molar-refractivity contribution in [1.82, 2.24) is 15.5 Å². The van der Waals surface area contributed by atoms with Gasteiger partial charge in [-0.1, -0.05) is 6.92 Å². The molecule has 0 spiro atoms. The van der Waals surface area contributed by atoms with Crippen LogP contribution >= 0.6 is 24.2 Å². The summed E-state index contributed by atoms with van der Waals surface area (Å²) in [4.78, 5) is 1.19. The topological polar surface area (TPSA) is 49.9 Å². The van der Waals surface area contributed by atoms with E-state index in [0.29, 0.717) is 12.1 Å². The molecular weight excluding hydrogens is 330 g/mol. The van der Waals surface area contributed by atoms with Gasteiger partial charge in [0.15, 0.2) is 0 Å². The number of nitrogens with zero attached hydrogens (tertiary/aromatic N) is 1. The Kier molecular flexibility index (Phi) is 7.06. The molecule has 1 aliphatic carbocycles. The van der Waals surface area contributed by atoms with E-state index in [1.165, 1.54) is 24.2 Å². The fraction of sp³-hybridized carbons (Fsp3) is 0.588. The maximum absolute atomic E-state index is 6.32. The highest BCUT2D eigenvalue weighted by Gasteiger charge is 2.23. The largest absolute Gasteiger partial charge is 0.489 e. The van der Waals surface area contributed by atoms with Crippen molar-refractivity contribution >= 4 is 35.1 Å². The second-order valence-corrected chi connectivity index (χ2v) is 6.79. The van der Waals surface area contributed by atoms with E-state index >= 15 is 0 Å². The molecule has 4 nitrogen and oxygen atoms in total. The number of fused-ring (bicyclic) bond motifs is 1. The molecule has 1 aliphatic rings. The van der Waals surface area contributed by atoms with E-state index in [-0.39, 0.29) is 12.4 Å². The minimum absolute atomic E-state index is 0. The SMILES string of the molecule is CCCN[C@H]1CC[C@@H](Oc2ccc3[nH]ncc3c2SC)CC1.Cl. The van der Waals surface area contributed by atoms with Crippen LogP contribution in [0.15, 0.2) is 23.2 Å². The molecule has 1 aromatic carbocycles. The van der Waals surface area contributed by atoms with Gasteiger partial charge in [0.25, 0.3) is 0 Å². The van der Waals surface area contributed by atoms with Crippen LogP contribution in [0.2, 0.25) is 0 Å². The van der Waals surface area contributed by atoms with E-state index < -0.39 is 0 Å². The Morgan fingerprint density at radius 1 is 1.30 bits per heavy atom. The highest BCUT2D eigenvalue weighted by Crippen LogP contribution is 2.36. The predicted octanol–water partition coefficient (Wildman–Crippen LogP) is 4.40. The predicted molar refractivity (Wildman–Crippen MR) is 100 cm³/mol. The van der Waals surface area contributed by atoms with Gasteiger partial charge >= 0.3 is 0 Å². The monoisotopic (exact) mass is 355 g/mol. The van der Waals surface area contributed by atoms with E-state index in [1.54, 1.807) is 11.8 Å². The van der Waals surface area contributed by atoms with Gasteiger partial charge in [-0.25, -0.2) is 0 Å². The van der Waals surface area contributed by atoms with Crippen LogP contribution in [0.5, 0.6) is 5.75 Å². The third-order valence-corrected chi connectivity index (χ3v) is 5.22. The Balaban J connectivity index is 0.00000192. The molecule has 0 unspecified atom stereocenters. The molecule has 23 heavy (non-hydrogen) atoms. The fourth-order valence-corrected chi connectivity index (χ4v) is 3.89. The molecule has 1 aromatic heterocycles. The van der Waals surface area contributed by atoms with Crippen LogP contribution in [0.4, 0.5) is 0 Å². The number of hydrogen-bond acceptors (Lipinski definition) is 4. The molecule has 2 N–H and O–H groups in total. The summed E-state index contributed by atoms with van der Waals surface area (Å²) < 4.78 is 6.32. The molecule has 0 radical (unpaired) electrons. The van der Waals surface area contributed by atoms with Crippen LogP contribution < -0.4 is 10.1 Å². The summed E-state index contributed by atoms with van der Waals surface area (Å²) in [6, 6.07) is 4.82. The van der Waals surface area contributed by atoms with Gasteiger partial charge in [0.05, 0.1) is 22.7 Å². The molecule has 6 heteroatoms. The Hall–Kier alpha value is -0.910. The summed E-state index contributed by atoms with van der Waals surface area (Å²) in [5, 5.41) is 11.9. The van der Waals surface area contributed by atoms with Crippen molar-refractivity contribution in [2.45, 2.75) is 56.1 Å². The quantitative estimate of drug-likeness (QED) is 0.754. The van der Waals surface area contributed by atoms with Crippen molar-refractivity contribution in [3.8, 4) is 5.75 Å². The zero-order valence-corrected chi connectivity index (χ0v) is 15.4. The number of hydrogen-bond donors (Lipinski definition) is 2. The van der Waals surface area contributed by atoms with Gasteiger partial charge in [-0.05, 0) is 57.0 Å². The number of nitrogens with one attached hydrogen (secondary N) is 2. The second-order valence-electron chi connectivity index (χ2n) is 5.97. The molecule has 0 aliphatic heterocycles. The van der Waals surface area contributed by atoms with Gasteiger partial charge in [0, 0.05) is 11.4 Å². The number of aromatic nitrogens is 2. The lowest BCUT2D eigenvalue weighted by atomic mass is 9.93. The van der Waals surface area contributed by atoms with Crippen LogP contribution in [0.1, 0.15) is 39.0 Å². The molecule has 1 fully saturated rings. The minimum Gasteiger partial charge on any atom is -0.489 e. The summed E-state index contributed by atoms with van der Waals surface area (Å²) >= 11 is 1.73. The molecule has 1 saturated carbocycles. The van der Waals surface area contributed by atoms with Crippen molar-refractivity contribution in [2.24, 2.45) is 0 Å². The first-order valence-electron chi connectivity index (χ1n) is 8.22. The average molecular weight is 356 g/mol. The lowest BCUT2D eigenvalue weighted by Gasteiger charge is -2.30. The third-order valence-electron chi connectivity index (χ3n) is 4.39. The first-order valence-corrected chi connectivity index (χ1v) is 9.44. The van der Waals surface area contributed by atoms with Crippen molar-refractivity contribution in [2.75, 3.05) is 12.8 Å². The highest BCUT2D eigenvalue weighted by molar-refractivity contribution is 7.99. The standard InChI is InChI=1S/C17H25N3OS.ClH/c1-3-10-18-12-4-6-13(7-5-12)21-16-9-8-15-14(11-19-20-15)17(16)22-2;/h8-9,11-13,18H,3-7,10H2,1-2H3,(H,19,20);1H/t12-,13+;. The van der Waals surface area contributed by atoms with Gasteiger partial charge in [-0.15, -0.1) is 24.2 Å². The zero-order chi connectivity index (χ0) is 15.4. The average Bonchev–Trinajstić information content (AvgIpc) is 3.02. The number of rotatable bonds is 6. The van der Waals surface area contributed by atoms with E-state index in [1.807, 2.05) is 6.20 Å². The number of ether oxygens (including phenoxy) is 1. The van der Waals surface area contributed by atoms with Gasteiger partial charge < -0.3 is 10.1 Å². The van der Waals surface area contributed by atoms with Gasteiger partial charge in [-0.2, -0.15) is 5.10 Å². The van der Waals surface area contributed by atoms with Crippen LogP contribution in [0.3, 0.4) is 0 Å². The molecule has 3 rings (SSSR count). The van der Waals surface area contributed by atoms with Crippen molar-refractivity contribution in [3.63, 3.8) is 0 Å². The summed E-state index contributed by atoms with van der Waals surface area (Å²) in [6.45, 7) is 3.35. The Morgan fingerprint density at radius 2 is 2.09 bits per heavy atom. The van der Waals surface area contributed by atoms with Gasteiger partial charge in [0.2, 0.25) is 0 Å². The Labute approximate surface area is 148 Å². The molecule has 0 atom stereocenters. The van der Waals surface area contributed by atoms with Crippen molar-refractivity contribution in [3.05, 3.63) is 18.3 Å². The lowest BCUT2D eigenvalue weighted by molar-refractivity contribution is 0.137. The zero-order valence-electron chi connectivity index (χ0n) is 13.8. The van der Waals surface area contributed by atoms with Gasteiger partial charge in [0.1, 0.15) is 5.75 Å². The minimum atomic E-state index is 0. The molecule has 0 amide bonds. The van der Waals surface area contributed by atoms with Crippen LogP contribution in [-0.4, -0.2) is 35.1 Å². The maximum atomic E-state index is 6.32. The number of aromatic amines is 1. The molecule has 1 heterocycles. The molecule has 2 aromatic rings. The first-order chi connectivity index (χ1) is 10.8. The van der Waals surface area contributed by atoms with E-state index in [9.17, 15) is 0 Å². The number of thioether (sulfide) groups is 1. The van der Waals surface area contributed by atoms with Crippen LogP contribution in [0, 0.1) is 0 Å². The van der Waals surface area contributed by atoms with E-state index in [4.69, 9.17) is 4.74 Å². The van der Waals surface area contributed by atoms with E-state index in [0.717, 1.165) is 36.0 Å². The number of benzene rings is 1. The molecule has 0 bridgehead atoms. The van der Waals surface area contributed by atoms with Crippen LogP contribution in [0.25, 0.3) is 10.9 Å². The summed E-state index contributed by atoms with van der Waals surface area (Å²) in [7, 11) is 0. The summed E-state index contributed by atoms with van der Waals surface area (Å²) in [6.07, 6.45) is 10.2. The van der Waals surface area contributed by atoms with Gasteiger partial charge in [-0.3, -0.25) is 5.10 Å². The number of halogens is 1. The lowest BCUT2D eigenvalue weighted by Crippen LogP contribution is -2.36. The highest BCUT2D eigenvalue weighted by atomic mass is 35.5. The smallest absolute Gasteiger partial charge is 0.134 e. The number of H-pyrrole nitrogens is 1. The normalized spacial score (nSPS) is 21.1. The summed E-state index contributed by atoms with van der Waals surface area (Å²) in [5.41, 5.74) is 1.07. The Morgan fingerprint density at radius 3 is 2.78 bits per heavy atom. The first kappa shape index (κ1) is 18.4. The fourth-order valence-electron chi connectivity index (χ4n) is 3.19. The van der Waals surface area contributed by atoms with E-state index in [2.05, 4.69) is 40.8 Å². The summed E-state index contributed by atoms with van der Waals surface area (Å²) in [5.74, 6) is 1.01. The molecular formula is C17H26ClN3OS. The second kappa shape index (κ2) is 8.81. The Bertz CT molecular complexity index is 611. The molecule has 0 saturated heterocycles.